The van der Waals surface area contributed by atoms with Crippen LogP contribution in [0.1, 0.15) is 16.7 Å². The quantitative estimate of drug-likeness (QED) is 0.220. The molecule has 0 aliphatic carbocycles. The lowest BCUT2D eigenvalue weighted by Crippen LogP contribution is -2.10. The molecule has 0 saturated heterocycles. The number of non-ortho nitro benzene ring substituents is 1. The number of anilines is 2. The van der Waals surface area contributed by atoms with Gasteiger partial charge in [-0.3, -0.25) is 14.9 Å². The van der Waals surface area contributed by atoms with Crippen LogP contribution in [-0.2, 0) is 18.4 Å². The molecule has 9 nitrogen and oxygen atoms in total. The number of carbonyl (C=O) groups is 1. The van der Waals surface area contributed by atoms with Gasteiger partial charge in [0.25, 0.3) is 11.6 Å². The van der Waals surface area contributed by atoms with Crippen LogP contribution >= 0.6 is 0 Å². The smallest absolute Gasteiger partial charge is 0.270 e. The van der Waals surface area contributed by atoms with E-state index in [1.54, 1.807) is 12.3 Å². The lowest BCUT2D eigenvalue weighted by Gasteiger charge is -2.15. The number of nitrogens with one attached hydrogen (secondary N) is 2. The first-order valence-electron chi connectivity index (χ1n) is 10.9. The Hall–Kier alpha value is -4.76. The summed E-state index contributed by atoms with van der Waals surface area (Å²) < 4.78 is 1.93. The van der Waals surface area contributed by atoms with Crippen molar-refractivity contribution in [1.29, 1.82) is 0 Å². The molecule has 35 heavy (non-hydrogen) atoms. The van der Waals surface area contributed by atoms with Gasteiger partial charge in [0.15, 0.2) is 0 Å². The van der Waals surface area contributed by atoms with Crippen molar-refractivity contribution in [2.45, 2.75) is 6.54 Å². The van der Waals surface area contributed by atoms with E-state index in [9.17, 15) is 14.9 Å². The summed E-state index contributed by atoms with van der Waals surface area (Å²) in [6.45, 7) is 0.393. The molecular formula is C26H22N6O3. The number of nitrogens with two attached hydrogens (primary N) is 1. The van der Waals surface area contributed by atoms with E-state index >= 15 is 0 Å². The Kier molecular flexibility index (Phi) is 5.60. The normalized spacial score (nSPS) is 13.8. The van der Waals surface area contributed by atoms with Crippen LogP contribution in [0.2, 0.25) is 0 Å². The molecule has 5 rings (SSSR count). The summed E-state index contributed by atoms with van der Waals surface area (Å²) in [7, 11) is 1.93. The van der Waals surface area contributed by atoms with Crippen LogP contribution in [0.25, 0.3) is 22.7 Å². The molecule has 0 saturated carbocycles. The lowest BCUT2D eigenvalue weighted by atomic mass is 9.98. The standard InChI is InChI=1S/C26H22N6O3/c1-31-13-12-28-25(31)18-6-8-19(9-7-18)29-24(17-4-2-16(15-27)3-5-17)23-21-14-20(32(34)35)10-11-22(21)30-26(23)33/h2-14,29H,15,27H2,1H3,(H,30,33)/b24-23-. The van der Waals surface area contributed by atoms with Crippen molar-refractivity contribution in [3.8, 4) is 11.4 Å². The maximum atomic E-state index is 13.1. The zero-order chi connectivity index (χ0) is 24.5. The number of benzene rings is 3. The molecule has 0 fully saturated rings. The maximum absolute atomic E-state index is 13.1. The minimum Gasteiger partial charge on any atom is -0.354 e. The predicted molar refractivity (Wildman–Crippen MR) is 135 cm³/mol. The van der Waals surface area contributed by atoms with Crippen LogP contribution < -0.4 is 16.4 Å². The Morgan fingerprint density at radius 1 is 1.11 bits per heavy atom. The number of hydrogen-bond acceptors (Lipinski definition) is 6. The summed E-state index contributed by atoms with van der Waals surface area (Å²) in [6, 6.07) is 19.6. The van der Waals surface area contributed by atoms with E-state index in [1.165, 1.54) is 12.1 Å². The molecule has 0 spiro atoms. The Bertz CT molecular complexity index is 1470. The lowest BCUT2D eigenvalue weighted by molar-refractivity contribution is -0.384. The minimum absolute atomic E-state index is 0.0880. The Balaban J connectivity index is 1.62. The third kappa shape index (κ3) is 4.16. The molecule has 2 heterocycles. The summed E-state index contributed by atoms with van der Waals surface area (Å²) in [4.78, 5) is 28.4. The third-order valence-electron chi connectivity index (χ3n) is 5.92. The molecule has 0 unspecified atom stereocenters. The molecule has 4 N–H and O–H groups in total. The number of imidazole rings is 1. The van der Waals surface area contributed by atoms with Gasteiger partial charge in [0.1, 0.15) is 5.82 Å². The SMILES string of the molecule is Cn1ccnc1-c1ccc(N/C(=C2\C(=O)Nc3ccc([N+](=O)[O-])cc32)c2ccc(CN)cc2)cc1. The maximum Gasteiger partial charge on any atom is 0.270 e. The number of nitro benzene ring substituents is 1. The van der Waals surface area contributed by atoms with Gasteiger partial charge in [-0.1, -0.05) is 24.3 Å². The zero-order valence-electron chi connectivity index (χ0n) is 18.9. The van der Waals surface area contributed by atoms with Crippen LogP contribution in [0.15, 0.2) is 79.1 Å². The number of aryl methyl sites for hydroxylation is 1. The van der Waals surface area contributed by atoms with Crippen LogP contribution in [0.3, 0.4) is 0 Å². The minimum atomic E-state index is -0.472. The Morgan fingerprint density at radius 3 is 2.49 bits per heavy atom. The van der Waals surface area contributed by atoms with Crippen LogP contribution in [0, 0.1) is 10.1 Å². The first-order valence-corrected chi connectivity index (χ1v) is 10.9. The van der Waals surface area contributed by atoms with Gasteiger partial charge in [0, 0.05) is 60.6 Å². The van der Waals surface area contributed by atoms with Crippen LogP contribution in [-0.4, -0.2) is 20.4 Å². The highest BCUT2D eigenvalue weighted by atomic mass is 16.6. The number of amides is 1. The largest absolute Gasteiger partial charge is 0.354 e. The van der Waals surface area contributed by atoms with Crippen molar-refractivity contribution in [2.24, 2.45) is 12.8 Å². The Labute approximate surface area is 201 Å². The van der Waals surface area contributed by atoms with Gasteiger partial charge in [-0.2, -0.15) is 0 Å². The average molecular weight is 467 g/mol. The highest BCUT2D eigenvalue weighted by Crippen LogP contribution is 2.39. The molecule has 3 aromatic carbocycles. The molecule has 0 radical (unpaired) electrons. The van der Waals surface area contributed by atoms with Crippen molar-refractivity contribution in [3.05, 3.63) is 106 Å². The van der Waals surface area contributed by atoms with E-state index in [4.69, 9.17) is 5.73 Å². The first kappa shape index (κ1) is 22.1. The number of carbonyl (C=O) groups excluding carboxylic acids is 1. The molecule has 0 bridgehead atoms. The van der Waals surface area contributed by atoms with E-state index < -0.39 is 4.92 Å². The van der Waals surface area contributed by atoms with E-state index in [-0.39, 0.29) is 11.6 Å². The Morgan fingerprint density at radius 2 is 1.86 bits per heavy atom. The number of rotatable bonds is 6. The number of nitro groups is 1. The number of hydrogen-bond donors (Lipinski definition) is 3. The molecule has 1 aliphatic heterocycles. The fourth-order valence-electron chi connectivity index (χ4n) is 4.09. The molecular weight excluding hydrogens is 444 g/mol. The molecule has 1 aliphatic rings. The second kappa shape index (κ2) is 8.88. The summed E-state index contributed by atoms with van der Waals surface area (Å²) >= 11 is 0. The van der Waals surface area contributed by atoms with E-state index in [0.29, 0.717) is 29.1 Å². The van der Waals surface area contributed by atoms with Crippen LogP contribution in [0.4, 0.5) is 17.1 Å². The van der Waals surface area contributed by atoms with Crippen molar-refractivity contribution >= 4 is 34.2 Å². The molecule has 174 valence electrons. The molecule has 4 aromatic rings. The topological polar surface area (TPSA) is 128 Å². The van der Waals surface area contributed by atoms with Gasteiger partial charge in [0.05, 0.1) is 16.2 Å². The summed E-state index contributed by atoms with van der Waals surface area (Å²) in [5.74, 6) is 0.499. The van der Waals surface area contributed by atoms with E-state index in [2.05, 4.69) is 15.6 Å². The molecule has 1 aromatic heterocycles. The van der Waals surface area contributed by atoms with Crippen molar-refractivity contribution in [2.75, 3.05) is 10.6 Å². The van der Waals surface area contributed by atoms with E-state index in [0.717, 1.165) is 28.2 Å². The van der Waals surface area contributed by atoms with Crippen LogP contribution in [0.5, 0.6) is 0 Å². The fourth-order valence-corrected chi connectivity index (χ4v) is 4.09. The molecule has 9 heteroatoms. The zero-order valence-corrected chi connectivity index (χ0v) is 18.9. The number of aromatic nitrogens is 2. The molecule has 1 amide bonds. The van der Waals surface area contributed by atoms with Gasteiger partial charge in [-0.15, -0.1) is 0 Å². The van der Waals surface area contributed by atoms with Crippen molar-refractivity contribution < 1.29 is 9.72 Å². The van der Waals surface area contributed by atoms with Gasteiger partial charge >= 0.3 is 0 Å². The monoisotopic (exact) mass is 466 g/mol. The van der Waals surface area contributed by atoms with Crippen molar-refractivity contribution in [1.82, 2.24) is 9.55 Å². The number of fused-ring (bicyclic) bond motifs is 1. The van der Waals surface area contributed by atoms with Gasteiger partial charge in [0.2, 0.25) is 0 Å². The highest BCUT2D eigenvalue weighted by Gasteiger charge is 2.30. The molecule has 0 atom stereocenters. The summed E-state index contributed by atoms with van der Waals surface area (Å²) in [6.07, 6.45) is 3.62. The summed E-state index contributed by atoms with van der Waals surface area (Å²) in [5.41, 5.74) is 10.9. The van der Waals surface area contributed by atoms with E-state index in [1.807, 2.05) is 66.3 Å². The van der Waals surface area contributed by atoms with Gasteiger partial charge in [-0.25, -0.2) is 4.98 Å². The second-order valence-corrected chi connectivity index (χ2v) is 8.16. The third-order valence-corrected chi connectivity index (χ3v) is 5.92. The highest BCUT2D eigenvalue weighted by molar-refractivity contribution is 6.37. The van der Waals surface area contributed by atoms with Crippen molar-refractivity contribution in [3.63, 3.8) is 0 Å². The second-order valence-electron chi connectivity index (χ2n) is 8.16. The van der Waals surface area contributed by atoms with Gasteiger partial charge < -0.3 is 20.9 Å². The average Bonchev–Trinajstić information content (AvgIpc) is 3.44. The summed E-state index contributed by atoms with van der Waals surface area (Å²) in [5, 5.41) is 17.6. The fraction of sp³-hybridized carbons (Fsp3) is 0.0769. The number of nitrogens with zero attached hydrogens (tertiary/aromatic N) is 3. The van der Waals surface area contributed by atoms with Gasteiger partial charge in [-0.05, 0) is 41.5 Å². The first-order chi connectivity index (χ1) is 16.9. The predicted octanol–water partition coefficient (Wildman–Crippen LogP) is 4.39.